The van der Waals surface area contributed by atoms with Gasteiger partial charge in [-0.15, -0.1) is 0 Å². The molecule has 2 aromatic carbocycles. The lowest BCUT2D eigenvalue weighted by Crippen LogP contribution is -2.22. The summed E-state index contributed by atoms with van der Waals surface area (Å²) in [5, 5.41) is 3.30. The number of hydrogen-bond acceptors (Lipinski definition) is 3. The monoisotopic (exact) mass is 302 g/mol. The van der Waals surface area contributed by atoms with Crippen molar-refractivity contribution in [3.05, 3.63) is 69.2 Å². The van der Waals surface area contributed by atoms with E-state index in [1.807, 2.05) is 6.07 Å². The Bertz CT molecular complexity index is 866. The SMILES string of the molecule is O=C(NCc1ccc2[nH]c(=O)oc2c1)c1cccc(Cl)c1. The lowest BCUT2D eigenvalue weighted by Gasteiger charge is -2.05. The van der Waals surface area contributed by atoms with Gasteiger partial charge in [0.25, 0.3) is 5.91 Å². The summed E-state index contributed by atoms with van der Waals surface area (Å²) in [5.41, 5.74) is 2.43. The molecular weight excluding hydrogens is 292 g/mol. The van der Waals surface area contributed by atoms with Crippen molar-refractivity contribution in [2.45, 2.75) is 6.54 Å². The average Bonchev–Trinajstić information content (AvgIpc) is 2.84. The molecule has 0 aliphatic carbocycles. The van der Waals surface area contributed by atoms with Crippen LogP contribution in [0.5, 0.6) is 0 Å². The zero-order valence-electron chi connectivity index (χ0n) is 10.9. The number of oxazole rings is 1. The van der Waals surface area contributed by atoms with Gasteiger partial charge in [0.15, 0.2) is 5.58 Å². The van der Waals surface area contributed by atoms with Gasteiger partial charge in [-0.1, -0.05) is 23.7 Å². The Morgan fingerprint density at radius 2 is 2.10 bits per heavy atom. The van der Waals surface area contributed by atoms with Gasteiger partial charge >= 0.3 is 5.76 Å². The molecule has 3 aromatic rings. The normalized spacial score (nSPS) is 10.7. The van der Waals surface area contributed by atoms with Crippen molar-refractivity contribution >= 4 is 28.6 Å². The first kappa shape index (κ1) is 13.5. The molecule has 0 unspecified atom stereocenters. The quantitative estimate of drug-likeness (QED) is 0.781. The van der Waals surface area contributed by atoms with E-state index < -0.39 is 5.76 Å². The van der Waals surface area contributed by atoms with Crippen LogP contribution >= 0.6 is 11.6 Å². The third-order valence-corrected chi connectivity index (χ3v) is 3.26. The molecule has 0 saturated carbocycles. The summed E-state index contributed by atoms with van der Waals surface area (Å²) in [6.07, 6.45) is 0. The molecule has 0 aliphatic heterocycles. The Balaban J connectivity index is 1.73. The van der Waals surface area contributed by atoms with Crippen LogP contribution in [0.25, 0.3) is 11.1 Å². The second kappa shape index (κ2) is 5.46. The van der Waals surface area contributed by atoms with Crippen LogP contribution < -0.4 is 11.1 Å². The fourth-order valence-electron chi connectivity index (χ4n) is 2.01. The number of carbonyl (C=O) groups excluding carboxylic acids is 1. The van der Waals surface area contributed by atoms with Gasteiger partial charge in [-0.05, 0) is 35.9 Å². The minimum atomic E-state index is -0.495. The number of amides is 1. The van der Waals surface area contributed by atoms with Crippen LogP contribution in [0.4, 0.5) is 0 Å². The van der Waals surface area contributed by atoms with Crippen molar-refractivity contribution in [2.24, 2.45) is 0 Å². The number of hydrogen-bond donors (Lipinski definition) is 2. The fourth-order valence-corrected chi connectivity index (χ4v) is 2.20. The number of benzene rings is 2. The number of aromatic nitrogens is 1. The van der Waals surface area contributed by atoms with E-state index in [2.05, 4.69) is 10.3 Å². The van der Waals surface area contributed by atoms with E-state index in [-0.39, 0.29) is 5.91 Å². The van der Waals surface area contributed by atoms with Gasteiger partial charge in [0, 0.05) is 17.1 Å². The van der Waals surface area contributed by atoms with E-state index in [9.17, 15) is 9.59 Å². The minimum Gasteiger partial charge on any atom is -0.408 e. The second-order valence-electron chi connectivity index (χ2n) is 4.54. The van der Waals surface area contributed by atoms with Crippen LogP contribution in [0.3, 0.4) is 0 Å². The molecular formula is C15H11ClN2O3. The third kappa shape index (κ3) is 2.98. The Hall–Kier alpha value is -2.53. The summed E-state index contributed by atoms with van der Waals surface area (Å²) in [4.78, 5) is 25.6. The molecule has 0 radical (unpaired) electrons. The molecule has 0 atom stereocenters. The number of fused-ring (bicyclic) bond motifs is 1. The second-order valence-corrected chi connectivity index (χ2v) is 4.97. The molecule has 5 nitrogen and oxygen atoms in total. The number of nitrogens with one attached hydrogen (secondary N) is 2. The van der Waals surface area contributed by atoms with Gasteiger partial charge < -0.3 is 9.73 Å². The number of aromatic amines is 1. The highest BCUT2D eigenvalue weighted by atomic mass is 35.5. The Kier molecular flexibility index (Phi) is 3.50. The van der Waals surface area contributed by atoms with Crippen LogP contribution in [0.15, 0.2) is 51.7 Å². The van der Waals surface area contributed by atoms with Gasteiger partial charge in [-0.2, -0.15) is 0 Å². The van der Waals surface area contributed by atoms with Gasteiger partial charge in [-0.25, -0.2) is 4.79 Å². The van der Waals surface area contributed by atoms with Crippen molar-refractivity contribution in [3.63, 3.8) is 0 Å². The largest absolute Gasteiger partial charge is 0.417 e. The lowest BCUT2D eigenvalue weighted by molar-refractivity contribution is 0.0951. The summed E-state index contributed by atoms with van der Waals surface area (Å²) in [7, 11) is 0. The molecule has 1 heterocycles. The number of carbonyl (C=O) groups is 1. The predicted octanol–water partition coefficient (Wildman–Crippen LogP) is 2.70. The zero-order valence-corrected chi connectivity index (χ0v) is 11.6. The highest BCUT2D eigenvalue weighted by Crippen LogP contribution is 2.13. The van der Waals surface area contributed by atoms with E-state index in [0.29, 0.717) is 28.2 Å². The summed E-state index contributed by atoms with van der Waals surface area (Å²) >= 11 is 5.85. The maximum absolute atomic E-state index is 12.0. The average molecular weight is 303 g/mol. The van der Waals surface area contributed by atoms with Gasteiger partial charge in [0.05, 0.1) is 5.52 Å². The van der Waals surface area contributed by atoms with Crippen molar-refractivity contribution in [2.75, 3.05) is 0 Å². The molecule has 0 aliphatic rings. The van der Waals surface area contributed by atoms with Crippen molar-refractivity contribution in [3.8, 4) is 0 Å². The van der Waals surface area contributed by atoms with Crippen molar-refractivity contribution in [1.82, 2.24) is 10.3 Å². The first-order valence-electron chi connectivity index (χ1n) is 6.27. The number of rotatable bonds is 3. The highest BCUT2D eigenvalue weighted by molar-refractivity contribution is 6.30. The first-order chi connectivity index (χ1) is 10.1. The molecule has 0 spiro atoms. The maximum Gasteiger partial charge on any atom is 0.417 e. The smallest absolute Gasteiger partial charge is 0.408 e. The Labute approximate surface area is 124 Å². The van der Waals surface area contributed by atoms with Gasteiger partial charge in [0.1, 0.15) is 0 Å². The topological polar surface area (TPSA) is 75.1 Å². The fraction of sp³-hybridized carbons (Fsp3) is 0.0667. The van der Waals surface area contributed by atoms with Crippen LogP contribution in [-0.2, 0) is 6.54 Å². The van der Waals surface area contributed by atoms with Crippen LogP contribution in [0, 0.1) is 0 Å². The maximum atomic E-state index is 12.0. The zero-order chi connectivity index (χ0) is 14.8. The molecule has 3 rings (SSSR count). The van der Waals surface area contributed by atoms with Crippen LogP contribution in [0.2, 0.25) is 5.02 Å². The molecule has 6 heteroatoms. The molecule has 21 heavy (non-hydrogen) atoms. The Morgan fingerprint density at radius 1 is 1.24 bits per heavy atom. The van der Waals surface area contributed by atoms with E-state index in [1.54, 1.807) is 36.4 Å². The van der Waals surface area contributed by atoms with Gasteiger partial charge in [-0.3, -0.25) is 9.78 Å². The molecule has 106 valence electrons. The summed E-state index contributed by atoms with van der Waals surface area (Å²) in [5.74, 6) is -0.710. The minimum absolute atomic E-state index is 0.215. The highest BCUT2D eigenvalue weighted by Gasteiger charge is 2.07. The first-order valence-corrected chi connectivity index (χ1v) is 6.65. The molecule has 0 bridgehead atoms. The predicted molar refractivity (Wildman–Crippen MR) is 79.5 cm³/mol. The van der Waals surface area contributed by atoms with Gasteiger partial charge in [0.2, 0.25) is 0 Å². The molecule has 0 saturated heterocycles. The van der Waals surface area contributed by atoms with Crippen molar-refractivity contribution < 1.29 is 9.21 Å². The summed E-state index contributed by atoms with van der Waals surface area (Å²) < 4.78 is 4.97. The van der Waals surface area contributed by atoms with Crippen LogP contribution in [-0.4, -0.2) is 10.9 Å². The van der Waals surface area contributed by atoms with Crippen LogP contribution in [0.1, 0.15) is 15.9 Å². The lowest BCUT2D eigenvalue weighted by atomic mass is 10.2. The summed E-state index contributed by atoms with van der Waals surface area (Å²) in [6.45, 7) is 0.330. The summed E-state index contributed by atoms with van der Waals surface area (Å²) in [6, 6.07) is 12.0. The van der Waals surface area contributed by atoms with E-state index in [4.69, 9.17) is 16.0 Å². The van der Waals surface area contributed by atoms with Crippen molar-refractivity contribution in [1.29, 1.82) is 0 Å². The molecule has 1 amide bonds. The molecule has 0 fully saturated rings. The third-order valence-electron chi connectivity index (χ3n) is 3.03. The standard InChI is InChI=1S/C15H11ClN2O3/c16-11-3-1-2-10(7-11)14(19)17-8-9-4-5-12-13(6-9)21-15(20)18-12/h1-7H,8H2,(H,17,19)(H,18,20). The number of H-pyrrole nitrogens is 1. The molecule has 2 N–H and O–H groups in total. The number of halogens is 1. The van der Waals surface area contributed by atoms with E-state index in [1.165, 1.54) is 0 Å². The Morgan fingerprint density at radius 3 is 2.90 bits per heavy atom. The van der Waals surface area contributed by atoms with E-state index in [0.717, 1.165) is 5.56 Å². The molecule has 1 aromatic heterocycles. The van der Waals surface area contributed by atoms with E-state index >= 15 is 0 Å².